The molecule has 2 aromatic rings. The number of aliphatic imine (C=N–C) groups is 1. The number of guanidine groups is 1. The molecule has 5 nitrogen and oxygen atoms in total. The standard InChI is InChI=1S/C20H27N3O2S/c1-4-21-20(22-13-17-7-5-16(2)6-8-17)23-14-18-9-11-19(12-10-18)15-26(3,24)25/h5-12H,4,13-15H2,1-3H3,(H2,21,22,23). The highest BCUT2D eigenvalue weighted by Crippen LogP contribution is 2.09. The van der Waals surface area contributed by atoms with Crippen LogP contribution >= 0.6 is 0 Å². The first-order valence-electron chi connectivity index (χ1n) is 8.69. The lowest BCUT2D eigenvalue weighted by molar-refractivity contribution is 0.601. The Morgan fingerprint density at radius 1 is 0.923 bits per heavy atom. The van der Waals surface area contributed by atoms with Crippen LogP contribution in [-0.4, -0.2) is 27.2 Å². The van der Waals surface area contributed by atoms with Crippen molar-refractivity contribution in [3.63, 3.8) is 0 Å². The van der Waals surface area contributed by atoms with Crippen LogP contribution in [0.15, 0.2) is 53.5 Å². The Hall–Kier alpha value is -2.34. The largest absolute Gasteiger partial charge is 0.357 e. The molecule has 0 aliphatic heterocycles. The van der Waals surface area contributed by atoms with Crippen molar-refractivity contribution in [3.05, 3.63) is 70.8 Å². The molecule has 2 aromatic carbocycles. The lowest BCUT2D eigenvalue weighted by atomic mass is 10.1. The highest BCUT2D eigenvalue weighted by molar-refractivity contribution is 7.89. The van der Waals surface area contributed by atoms with Gasteiger partial charge in [-0.2, -0.15) is 0 Å². The van der Waals surface area contributed by atoms with Crippen LogP contribution in [0.4, 0.5) is 0 Å². The molecule has 0 radical (unpaired) electrons. The molecule has 0 fully saturated rings. The van der Waals surface area contributed by atoms with E-state index in [1.165, 1.54) is 17.4 Å². The fourth-order valence-corrected chi connectivity index (χ4v) is 3.25. The van der Waals surface area contributed by atoms with E-state index in [0.717, 1.165) is 23.6 Å². The first kappa shape index (κ1) is 20.0. The maximum absolute atomic E-state index is 11.3. The van der Waals surface area contributed by atoms with Crippen LogP contribution in [0.25, 0.3) is 0 Å². The summed E-state index contributed by atoms with van der Waals surface area (Å²) in [6.07, 6.45) is 1.24. The molecule has 0 unspecified atom stereocenters. The average molecular weight is 374 g/mol. The van der Waals surface area contributed by atoms with Crippen LogP contribution in [0, 0.1) is 6.92 Å². The van der Waals surface area contributed by atoms with Gasteiger partial charge in [-0.15, -0.1) is 0 Å². The maximum atomic E-state index is 11.3. The summed E-state index contributed by atoms with van der Waals surface area (Å²) < 4.78 is 22.7. The molecule has 0 saturated carbocycles. The van der Waals surface area contributed by atoms with Gasteiger partial charge in [0.2, 0.25) is 0 Å². The SMILES string of the molecule is CCNC(=NCc1ccc(CS(C)(=O)=O)cc1)NCc1ccc(C)cc1. The van der Waals surface area contributed by atoms with E-state index in [4.69, 9.17) is 0 Å². The molecule has 0 spiro atoms. The minimum absolute atomic E-state index is 0.0668. The molecule has 0 aromatic heterocycles. The van der Waals surface area contributed by atoms with E-state index in [9.17, 15) is 8.42 Å². The number of nitrogens with one attached hydrogen (secondary N) is 2. The van der Waals surface area contributed by atoms with Gasteiger partial charge in [0.05, 0.1) is 12.3 Å². The Morgan fingerprint density at radius 3 is 2.08 bits per heavy atom. The summed E-state index contributed by atoms with van der Waals surface area (Å²) >= 11 is 0. The third kappa shape index (κ3) is 7.27. The van der Waals surface area contributed by atoms with Crippen molar-refractivity contribution in [2.75, 3.05) is 12.8 Å². The van der Waals surface area contributed by atoms with E-state index in [1.54, 1.807) is 0 Å². The Morgan fingerprint density at radius 2 is 1.50 bits per heavy atom. The van der Waals surface area contributed by atoms with Crippen LogP contribution in [0.2, 0.25) is 0 Å². The topological polar surface area (TPSA) is 70.6 Å². The van der Waals surface area contributed by atoms with Crippen molar-refractivity contribution in [1.29, 1.82) is 0 Å². The van der Waals surface area contributed by atoms with Gasteiger partial charge in [0.1, 0.15) is 0 Å². The van der Waals surface area contributed by atoms with Crippen molar-refractivity contribution in [3.8, 4) is 0 Å². The van der Waals surface area contributed by atoms with E-state index in [0.29, 0.717) is 13.1 Å². The summed E-state index contributed by atoms with van der Waals surface area (Å²) in [6, 6.07) is 15.9. The summed E-state index contributed by atoms with van der Waals surface area (Å²) in [5, 5.41) is 6.57. The maximum Gasteiger partial charge on any atom is 0.191 e. The number of hydrogen-bond acceptors (Lipinski definition) is 3. The van der Waals surface area contributed by atoms with Gasteiger partial charge in [-0.25, -0.2) is 13.4 Å². The Balaban J connectivity index is 1.96. The lowest BCUT2D eigenvalue weighted by Gasteiger charge is -2.11. The summed E-state index contributed by atoms with van der Waals surface area (Å²) in [5.41, 5.74) is 4.28. The van der Waals surface area contributed by atoms with Crippen LogP contribution < -0.4 is 10.6 Å². The van der Waals surface area contributed by atoms with Gasteiger partial charge >= 0.3 is 0 Å². The van der Waals surface area contributed by atoms with E-state index < -0.39 is 9.84 Å². The molecule has 0 atom stereocenters. The molecular weight excluding hydrogens is 346 g/mol. The highest BCUT2D eigenvalue weighted by atomic mass is 32.2. The summed E-state index contributed by atoms with van der Waals surface area (Å²) in [6.45, 7) is 6.13. The fraction of sp³-hybridized carbons (Fsp3) is 0.350. The minimum Gasteiger partial charge on any atom is -0.357 e. The van der Waals surface area contributed by atoms with Crippen molar-refractivity contribution in [2.45, 2.75) is 32.7 Å². The van der Waals surface area contributed by atoms with E-state index in [-0.39, 0.29) is 5.75 Å². The number of nitrogens with zero attached hydrogens (tertiary/aromatic N) is 1. The Labute approximate surface area is 156 Å². The Bertz CT molecular complexity index is 826. The normalized spacial score (nSPS) is 12.0. The zero-order valence-corrected chi connectivity index (χ0v) is 16.4. The summed E-state index contributed by atoms with van der Waals surface area (Å²) in [4.78, 5) is 4.60. The molecule has 6 heteroatoms. The third-order valence-electron chi connectivity index (χ3n) is 3.80. The molecule has 0 saturated heterocycles. The van der Waals surface area contributed by atoms with Crippen molar-refractivity contribution < 1.29 is 8.42 Å². The first-order chi connectivity index (χ1) is 12.4. The second-order valence-electron chi connectivity index (χ2n) is 6.42. The molecule has 2 N–H and O–H groups in total. The zero-order chi connectivity index (χ0) is 19.0. The number of benzene rings is 2. The van der Waals surface area contributed by atoms with Crippen molar-refractivity contribution >= 4 is 15.8 Å². The van der Waals surface area contributed by atoms with Gasteiger partial charge in [-0.1, -0.05) is 54.1 Å². The van der Waals surface area contributed by atoms with Crippen molar-refractivity contribution in [2.24, 2.45) is 4.99 Å². The smallest absolute Gasteiger partial charge is 0.191 e. The molecule has 26 heavy (non-hydrogen) atoms. The quantitative estimate of drug-likeness (QED) is 0.578. The summed E-state index contributed by atoms with van der Waals surface area (Å²) in [7, 11) is -3.01. The van der Waals surface area contributed by atoms with Crippen LogP contribution in [-0.2, 0) is 28.7 Å². The predicted molar refractivity (Wildman–Crippen MR) is 108 cm³/mol. The number of sulfone groups is 1. The molecule has 140 valence electrons. The fourth-order valence-electron chi connectivity index (χ4n) is 2.45. The second-order valence-corrected chi connectivity index (χ2v) is 8.56. The van der Waals surface area contributed by atoms with Gasteiger partial charge in [0, 0.05) is 19.3 Å². The van der Waals surface area contributed by atoms with E-state index >= 15 is 0 Å². The van der Waals surface area contributed by atoms with Crippen molar-refractivity contribution in [1.82, 2.24) is 10.6 Å². The number of aryl methyl sites for hydroxylation is 1. The first-order valence-corrected chi connectivity index (χ1v) is 10.7. The molecule has 2 rings (SSSR count). The average Bonchev–Trinajstić information content (AvgIpc) is 2.59. The highest BCUT2D eigenvalue weighted by Gasteiger charge is 2.04. The molecular formula is C20H27N3O2S. The van der Waals surface area contributed by atoms with Crippen LogP contribution in [0.5, 0.6) is 0 Å². The molecule has 0 aliphatic rings. The number of rotatable bonds is 7. The minimum atomic E-state index is -3.01. The zero-order valence-electron chi connectivity index (χ0n) is 15.6. The predicted octanol–water partition coefficient (Wildman–Crippen LogP) is 2.79. The van der Waals surface area contributed by atoms with Gasteiger partial charge in [0.15, 0.2) is 15.8 Å². The monoisotopic (exact) mass is 373 g/mol. The van der Waals surface area contributed by atoms with Gasteiger partial charge in [-0.3, -0.25) is 0 Å². The third-order valence-corrected chi connectivity index (χ3v) is 4.65. The molecule has 0 bridgehead atoms. The van der Waals surface area contributed by atoms with Gasteiger partial charge in [0.25, 0.3) is 0 Å². The molecule has 0 amide bonds. The van der Waals surface area contributed by atoms with Gasteiger partial charge in [-0.05, 0) is 30.5 Å². The summed E-state index contributed by atoms with van der Waals surface area (Å²) in [5.74, 6) is 0.824. The van der Waals surface area contributed by atoms with Crippen LogP contribution in [0.3, 0.4) is 0 Å². The van der Waals surface area contributed by atoms with Crippen LogP contribution in [0.1, 0.15) is 29.2 Å². The molecule has 0 aliphatic carbocycles. The molecule has 0 heterocycles. The van der Waals surface area contributed by atoms with E-state index in [1.807, 2.05) is 31.2 Å². The lowest BCUT2D eigenvalue weighted by Crippen LogP contribution is -2.36. The van der Waals surface area contributed by atoms with E-state index in [2.05, 4.69) is 46.8 Å². The van der Waals surface area contributed by atoms with Gasteiger partial charge < -0.3 is 10.6 Å². The Kier molecular flexibility index (Phi) is 7.21. The second kappa shape index (κ2) is 9.38. The number of hydrogen-bond donors (Lipinski definition) is 2.